The van der Waals surface area contributed by atoms with E-state index >= 15 is 0 Å². The number of hydrogen-bond donors (Lipinski definition) is 2. The minimum atomic E-state index is -3.71. The lowest BCUT2D eigenvalue weighted by atomic mass is 10.1. The Balaban J connectivity index is 1.47. The zero-order chi connectivity index (χ0) is 20.4. The molecule has 3 aromatic rings. The molecular formula is C20H20N2O5S2. The topological polar surface area (TPSA) is 99.8 Å². The summed E-state index contributed by atoms with van der Waals surface area (Å²) in [6.07, 6.45) is 1.15. The highest BCUT2D eigenvalue weighted by molar-refractivity contribution is 7.89. The van der Waals surface area contributed by atoms with Gasteiger partial charge in [-0.05, 0) is 53.8 Å². The van der Waals surface area contributed by atoms with E-state index in [1.54, 1.807) is 35.6 Å². The van der Waals surface area contributed by atoms with Gasteiger partial charge in [0.05, 0.1) is 17.7 Å². The maximum Gasteiger partial charge on any atom is 0.251 e. The zero-order valence-electron chi connectivity index (χ0n) is 15.4. The maximum absolute atomic E-state index is 13.1. The number of thiophene rings is 1. The number of sulfonamides is 1. The zero-order valence-corrected chi connectivity index (χ0v) is 17.1. The van der Waals surface area contributed by atoms with Crippen LogP contribution in [0.4, 0.5) is 0 Å². The van der Waals surface area contributed by atoms with Gasteiger partial charge in [-0.3, -0.25) is 4.79 Å². The van der Waals surface area contributed by atoms with E-state index in [-0.39, 0.29) is 17.0 Å². The third-order valence-corrected chi connectivity index (χ3v) is 7.70. The minimum absolute atomic E-state index is 0.0453. The van der Waals surface area contributed by atoms with Crippen LogP contribution in [0, 0.1) is 0 Å². The Morgan fingerprint density at radius 3 is 2.93 bits per heavy atom. The van der Waals surface area contributed by atoms with Crippen LogP contribution < -0.4 is 5.32 Å². The van der Waals surface area contributed by atoms with Crippen LogP contribution in [0.5, 0.6) is 0 Å². The number of rotatable bonds is 6. The van der Waals surface area contributed by atoms with Gasteiger partial charge in [-0.2, -0.15) is 4.31 Å². The van der Waals surface area contributed by atoms with Gasteiger partial charge in [0, 0.05) is 23.5 Å². The van der Waals surface area contributed by atoms with Crippen molar-refractivity contribution in [3.05, 3.63) is 75.9 Å². The van der Waals surface area contributed by atoms with Crippen molar-refractivity contribution >= 4 is 27.3 Å². The number of aliphatic hydroxyl groups is 1. The molecule has 29 heavy (non-hydrogen) atoms. The molecule has 0 saturated carbocycles. The molecular weight excluding hydrogens is 412 g/mol. The van der Waals surface area contributed by atoms with Gasteiger partial charge in [0.25, 0.3) is 5.91 Å². The molecule has 0 saturated heterocycles. The molecule has 1 amide bonds. The number of hydrogen-bond acceptors (Lipinski definition) is 6. The third kappa shape index (κ3) is 4.13. The molecule has 1 aromatic carbocycles. The number of carbonyl (C=O) groups is 1. The van der Waals surface area contributed by atoms with Crippen LogP contribution in [-0.2, 0) is 23.0 Å². The highest BCUT2D eigenvalue weighted by atomic mass is 32.2. The van der Waals surface area contributed by atoms with Gasteiger partial charge in [0.1, 0.15) is 11.9 Å². The van der Waals surface area contributed by atoms with Crippen LogP contribution in [-0.4, -0.2) is 36.8 Å². The summed E-state index contributed by atoms with van der Waals surface area (Å²) in [6.45, 7) is 0.713. The Morgan fingerprint density at radius 1 is 1.28 bits per heavy atom. The smallest absolute Gasteiger partial charge is 0.251 e. The Bertz CT molecular complexity index is 1110. The summed E-state index contributed by atoms with van der Waals surface area (Å²) >= 11 is 1.65. The van der Waals surface area contributed by atoms with Crippen LogP contribution in [0.2, 0.25) is 0 Å². The first-order valence-electron chi connectivity index (χ1n) is 9.10. The molecule has 4 rings (SSSR count). The van der Waals surface area contributed by atoms with Gasteiger partial charge in [0.2, 0.25) is 10.0 Å². The van der Waals surface area contributed by atoms with Crippen LogP contribution in [0.1, 0.15) is 32.7 Å². The van der Waals surface area contributed by atoms with Crippen molar-refractivity contribution in [2.45, 2.75) is 24.0 Å². The molecule has 7 nitrogen and oxygen atoms in total. The number of carbonyl (C=O) groups excluding carboxylic acids is 1. The predicted molar refractivity (Wildman–Crippen MR) is 108 cm³/mol. The number of furan rings is 1. The van der Waals surface area contributed by atoms with Gasteiger partial charge in [-0.1, -0.05) is 6.07 Å². The maximum atomic E-state index is 13.1. The standard InChI is InChI=1S/C20H20N2O5S2/c23-17(18-5-2-9-27-18)12-21-20(24)14-3-1-4-16(11-14)29(25,26)22-8-6-19-15(13-22)7-10-28-19/h1-5,7,9-11,17,23H,6,8,12-13H2,(H,21,24). The lowest BCUT2D eigenvalue weighted by Crippen LogP contribution is -2.35. The van der Waals surface area contributed by atoms with Crippen molar-refractivity contribution in [2.24, 2.45) is 0 Å². The molecule has 0 bridgehead atoms. The third-order valence-electron chi connectivity index (χ3n) is 4.83. The molecule has 2 N–H and O–H groups in total. The fourth-order valence-electron chi connectivity index (χ4n) is 3.25. The van der Waals surface area contributed by atoms with Gasteiger partial charge < -0.3 is 14.8 Å². The summed E-state index contributed by atoms with van der Waals surface area (Å²) in [5.41, 5.74) is 1.25. The van der Waals surface area contributed by atoms with Gasteiger partial charge >= 0.3 is 0 Å². The number of nitrogens with one attached hydrogen (secondary N) is 1. The summed E-state index contributed by atoms with van der Waals surface area (Å²) in [6, 6.07) is 11.2. The van der Waals surface area contributed by atoms with Crippen molar-refractivity contribution < 1.29 is 22.7 Å². The van der Waals surface area contributed by atoms with Crippen molar-refractivity contribution in [3.63, 3.8) is 0 Å². The van der Waals surface area contributed by atoms with Crippen molar-refractivity contribution in [1.82, 2.24) is 9.62 Å². The molecule has 2 aromatic heterocycles. The summed E-state index contributed by atoms with van der Waals surface area (Å²) in [5, 5.41) is 14.6. The highest BCUT2D eigenvalue weighted by Crippen LogP contribution is 2.28. The number of nitrogens with zero attached hydrogens (tertiary/aromatic N) is 1. The lowest BCUT2D eigenvalue weighted by molar-refractivity contribution is 0.0901. The highest BCUT2D eigenvalue weighted by Gasteiger charge is 2.29. The summed E-state index contributed by atoms with van der Waals surface area (Å²) in [5.74, 6) is -0.119. The minimum Gasteiger partial charge on any atom is -0.467 e. The molecule has 0 fully saturated rings. The monoisotopic (exact) mass is 432 g/mol. The number of amides is 1. The van der Waals surface area contributed by atoms with E-state index in [9.17, 15) is 18.3 Å². The number of fused-ring (bicyclic) bond motifs is 1. The first-order chi connectivity index (χ1) is 13.9. The first-order valence-corrected chi connectivity index (χ1v) is 11.4. The van der Waals surface area contributed by atoms with Gasteiger partial charge in [-0.15, -0.1) is 11.3 Å². The second kappa shape index (κ2) is 8.11. The molecule has 0 aliphatic carbocycles. The molecule has 9 heteroatoms. The second-order valence-electron chi connectivity index (χ2n) is 6.73. The van der Waals surface area contributed by atoms with Gasteiger partial charge in [0.15, 0.2) is 0 Å². The summed E-state index contributed by atoms with van der Waals surface area (Å²) < 4.78 is 32.7. The van der Waals surface area contributed by atoms with E-state index in [2.05, 4.69) is 5.32 Å². The van der Waals surface area contributed by atoms with E-state index in [1.807, 2.05) is 11.4 Å². The normalized spacial score (nSPS) is 15.6. The van der Waals surface area contributed by atoms with Crippen LogP contribution in [0.15, 0.2) is 63.4 Å². The van der Waals surface area contributed by atoms with Crippen molar-refractivity contribution in [1.29, 1.82) is 0 Å². The van der Waals surface area contributed by atoms with E-state index in [1.165, 1.54) is 27.6 Å². The lowest BCUT2D eigenvalue weighted by Gasteiger charge is -2.26. The van der Waals surface area contributed by atoms with Crippen molar-refractivity contribution in [3.8, 4) is 0 Å². The molecule has 3 heterocycles. The summed E-state index contributed by atoms with van der Waals surface area (Å²) in [4.78, 5) is 13.7. The van der Waals surface area contributed by atoms with Crippen LogP contribution >= 0.6 is 11.3 Å². The largest absolute Gasteiger partial charge is 0.467 e. The Kier molecular flexibility index (Phi) is 5.55. The Labute approximate surface area is 172 Å². The second-order valence-corrected chi connectivity index (χ2v) is 9.67. The van der Waals surface area contributed by atoms with Crippen LogP contribution in [0.3, 0.4) is 0 Å². The number of aliphatic hydroxyl groups excluding tert-OH is 1. The predicted octanol–water partition coefficient (Wildman–Crippen LogP) is 2.55. The fraction of sp³-hybridized carbons (Fsp3) is 0.250. The first kappa shape index (κ1) is 19.8. The van der Waals surface area contributed by atoms with Gasteiger partial charge in [-0.25, -0.2) is 8.42 Å². The van der Waals surface area contributed by atoms with E-state index < -0.39 is 22.0 Å². The molecule has 0 spiro atoms. The van der Waals surface area contributed by atoms with E-state index in [0.29, 0.717) is 25.3 Å². The Hall–Kier alpha value is -2.46. The average Bonchev–Trinajstić information content (AvgIpc) is 3.43. The van der Waals surface area contributed by atoms with Crippen molar-refractivity contribution in [2.75, 3.05) is 13.1 Å². The molecule has 1 unspecified atom stereocenters. The van der Waals surface area contributed by atoms with E-state index in [0.717, 1.165) is 5.56 Å². The average molecular weight is 433 g/mol. The number of benzene rings is 1. The Morgan fingerprint density at radius 2 is 2.14 bits per heavy atom. The fourth-order valence-corrected chi connectivity index (χ4v) is 5.60. The van der Waals surface area contributed by atoms with Crippen LogP contribution in [0.25, 0.3) is 0 Å². The quantitative estimate of drug-likeness (QED) is 0.624. The molecule has 1 atom stereocenters. The van der Waals surface area contributed by atoms with E-state index in [4.69, 9.17) is 4.42 Å². The SMILES string of the molecule is O=C(NCC(O)c1ccco1)c1cccc(S(=O)(=O)N2CCc3sccc3C2)c1. The molecule has 152 valence electrons. The molecule has 0 radical (unpaired) electrons. The molecule has 1 aliphatic heterocycles. The summed E-state index contributed by atoms with van der Waals surface area (Å²) in [7, 11) is -3.71. The molecule has 1 aliphatic rings.